The van der Waals surface area contributed by atoms with Gasteiger partial charge in [0.05, 0.1) is 31.5 Å². The van der Waals surface area contributed by atoms with Crippen molar-refractivity contribution in [2.24, 2.45) is 17.8 Å². The van der Waals surface area contributed by atoms with E-state index in [-0.39, 0.29) is 18.3 Å². The molecule has 5 atom stereocenters. The molecule has 1 aromatic carbocycles. The fraction of sp³-hybridized carbons (Fsp3) is 0.630. The summed E-state index contributed by atoms with van der Waals surface area (Å²) in [6, 6.07) is 10.0. The Balaban J connectivity index is 1.69. The average molecular weight is 493 g/mol. The molecule has 0 spiro atoms. The molecule has 0 unspecified atom stereocenters. The van der Waals surface area contributed by atoms with E-state index < -0.39 is 49.4 Å². The smallest absolute Gasteiger partial charge is 0.321 e. The van der Waals surface area contributed by atoms with Crippen molar-refractivity contribution in [2.75, 3.05) is 13.2 Å². The minimum Gasteiger partial charge on any atom is -0.395 e. The van der Waals surface area contributed by atoms with Gasteiger partial charge in [0.1, 0.15) is 5.92 Å². The average Bonchev–Trinajstić information content (AvgIpc) is 3.11. The molecule has 2 rings (SSSR count). The predicted molar refractivity (Wildman–Crippen MR) is 130 cm³/mol. The van der Waals surface area contributed by atoms with Crippen LogP contribution in [-0.4, -0.2) is 69.0 Å². The summed E-state index contributed by atoms with van der Waals surface area (Å²) in [6.07, 6.45) is 6.94. The van der Waals surface area contributed by atoms with E-state index in [2.05, 4.69) is 4.74 Å². The SMILES string of the molecule is O=C(CCCC=CC[C@@H]1[C@@H](CC[C@@H](O)CCc2ccccc2)[C@H](O)C[C@@H]1O)OC(=O)C(CO)CO. The minimum absolute atomic E-state index is 0.0356. The van der Waals surface area contributed by atoms with E-state index >= 15 is 0 Å². The number of carbonyl (C=O) groups is 2. The lowest BCUT2D eigenvalue weighted by Crippen LogP contribution is -2.26. The summed E-state index contributed by atoms with van der Waals surface area (Å²) in [4.78, 5) is 23.2. The molecular weight excluding hydrogens is 452 g/mol. The minimum atomic E-state index is -1.11. The Labute approximate surface area is 207 Å². The fourth-order valence-corrected chi connectivity index (χ4v) is 4.60. The number of hydrogen-bond acceptors (Lipinski definition) is 8. The molecule has 1 aliphatic rings. The third kappa shape index (κ3) is 10.2. The second-order valence-corrected chi connectivity index (χ2v) is 9.41. The normalized spacial score (nSPS) is 23.1. The molecule has 35 heavy (non-hydrogen) atoms. The largest absolute Gasteiger partial charge is 0.395 e. The van der Waals surface area contributed by atoms with Crippen LogP contribution >= 0.6 is 0 Å². The zero-order valence-corrected chi connectivity index (χ0v) is 20.2. The molecule has 0 aliphatic heterocycles. The molecule has 1 fully saturated rings. The number of aryl methyl sites for hydroxylation is 1. The molecule has 0 bridgehead atoms. The molecule has 0 radical (unpaired) electrons. The Hall–Kier alpha value is -2.10. The number of benzene rings is 1. The van der Waals surface area contributed by atoms with Gasteiger partial charge in [-0.2, -0.15) is 0 Å². The standard InChI is InChI=1S/C27H40O8/c28-17-20(18-29)27(34)35-26(33)11-7-2-1-6-10-22-23(25(32)16-24(22)31)15-14-21(30)13-12-19-8-4-3-5-9-19/h1,3-6,8-9,20-25,28-32H,2,7,10-18H2/t21-,22+,23+,24-,25+/m0/s1. The van der Waals surface area contributed by atoms with Crippen LogP contribution in [0.4, 0.5) is 0 Å². The maximum atomic E-state index is 11.7. The van der Waals surface area contributed by atoms with Gasteiger partial charge in [0.2, 0.25) is 0 Å². The maximum absolute atomic E-state index is 11.7. The summed E-state index contributed by atoms with van der Waals surface area (Å²) in [7, 11) is 0. The third-order valence-electron chi connectivity index (χ3n) is 6.78. The number of aliphatic hydroxyl groups excluding tert-OH is 5. The van der Waals surface area contributed by atoms with Crippen LogP contribution in [0.5, 0.6) is 0 Å². The van der Waals surface area contributed by atoms with Crippen molar-refractivity contribution in [1.29, 1.82) is 0 Å². The molecule has 5 N–H and O–H groups in total. The van der Waals surface area contributed by atoms with Gasteiger partial charge in [-0.1, -0.05) is 42.5 Å². The second kappa shape index (κ2) is 15.8. The zero-order chi connectivity index (χ0) is 25.6. The summed E-state index contributed by atoms with van der Waals surface area (Å²) >= 11 is 0. The van der Waals surface area contributed by atoms with Crippen molar-refractivity contribution in [2.45, 2.75) is 76.1 Å². The van der Waals surface area contributed by atoms with Gasteiger partial charge in [0, 0.05) is 6.42 Å². The molecule has 0 saturated heterocycles. The number of ether oxygens (including phenoxy) is 1. The molecule has 196 valence electrons. The first-order valence-electron chi connectivity index (χ1n) is 12.5. The molecule has 0 aromatic heterocycles. The number of hydrogen-bond donors (Lipinski definition) is 5. The predicted octanol–water partition coefficient (Wildman–Crippen LogP) is 1.91. The van der Waals surface area contributed by atoms with E-state index in [4.69, 9.17) is 10.2 Å². The quantitative estimate of drug-likeness (QED) is 0.108. The van der Waals surface area contributed by atoms with Crippen LogP contribution in [-0.2, 0) is 20.7 Å². The Kier molecular flexibility index (Phi) is 13.2. The second-order valence-electron chi connectivity index (χ2n) is 9.41. The molecule has 1 aliphatic carbocycles. The van der Waals surface area contributed by atoms with Crippen molar-refractivity contribution < 1.29 is 39.9 Å². The lowest BCUT2D eigenvalue weighted by atomic mass is 9.85. The van der Waals surface area contributed by atoms with Crippen LogP contribution in [0.3, 0.4) is 0 Å². The Morgan fingerprint density at radius 2 is 1.69 bits per heavy atom. The van der Waals surface area contributed by atoms with Gasteiger partial charge in [-0.3, -0.25) is 9.59 Å². The zero-order valence-electron chi connectivity index (χ0n) is 20.2. The topological polar surface area (TPSA) is 145 Å². The van der Waals surface area contributed by atoms with E-state index in [1.54, 1.807) is 0 Å². The third-order valence-corrected chi connectivity index (χ3v) is 6.78. The van der Waals surface area contributed by atoms with E-state index in [0.29, 0.717) is 44.9 Å². The van der Waals surface area contributed by atoms with E-state index in [1.165, 1.54) is 5.56 Å². The van der Waals surface area contributed by atoms with Gasteiger partial charge < -0.3 is 30.3 Å². The molecule has 0 heterocycles. The van der Waals surface area contributed by atoms with E-state index in [0.717, 1.165) is 6.42 Å². The summed E-state index contributed by atoms with van der Waals surface area (Å²) < 4.78 is 4.61. The van der Waals surface area contributed by atoms with Gasteiger partial charge in [0.25, 0.3) is 0 Å². The lowest BCUT2D eigenvalue weighted by Gasteiger charge is -2.23. The van der Waals surface area contributed by atoms with Gasteiger partial charge in [-0.15, -0.1) is 0 Å². The van der Waals surface area contributed by atoms with Crippen molar-refractivity contribution in [3.05, 3.63) is 48.0 Å². The van der Waals surface area contributed by atoms with Crippen LogP contribution in [0.25, 0.3) is 0 Å². The lowest BCUT2D eigenvalue weighted by molar-refractivity contribution is -0.164. The fourth-order valence-electron chi connectivity index (χ4n) is 4.60. The van der Waals surface area contributed by atoms with Gasteiger partial charge in [0.15, 0.2) is 0 Å². The highest BCUT2D eigenvalue weighted by Crippen LogP contribution is 2.38. The van der Waals surface area contributed by atoms with Gasteiger partial charge >= 0.3 is 11.9 Å². The first-order valence-corrected chi connectivity index (χ1v) is 12.5. The number of carbonyl (C=O) groups excluding carboxylic acids is 2. The molecule has 8 heteroatoms. The van der Waals surface area contributed by atoms with Crippen LogP contribution in [0.2, 0.25) is 0 Å². The Morgan fingerprint density at radius 3 is 2.37 bits per heavy atom. The number of aliphatic hydroxyl groups is 5. The first-order chi connectivity index (χ1) is 16.8. The van der Waals surface area contributed by atoms with Crippen LogP contribution in [0, 0.1) is 17.8 Å². The maximum Gasteiger partial charge on any atom is 0.321 e. The summed E-state index contributed by atoms with van der Waals surface area (Å²) in [5.41, 5.74) is 1.19. The molecule has 1 saturated carbocycles. The molecule has 0 amide bonds. The van der Waals surface area contributed by atoms with Crippen molar-refractivity contribution in [3.8, 4) is 0 Å². The first kappa shape index (κ1) is 29.1. The molecular formula is C27H40O8. The number of rotatable bonds is 15. The van der Waals surface area contributed by atoms with Gasteiger partial charge in [-0.05, 0) is 68.8 Å². The van der Waals surface area contributed by atoms with Crippen molar-refractivity contribution >= 4 is 11.9 Å². The van der Waals surface area contributed by atoms with Crippen molar-refractivity contribution in [3.63, 3.8) is 0 Å². The van der Waals surface area contributed by atoms with E-state index in [9.17, 15) is 24.9 Å². The number of esters is 2. The van der Waals surface area contributed by atoms with Gasteiger partial charge in [-0.25, -0.2) is 0 Å². The van der Waals surface area contributed by atoms with Crippen LogP contribution in [0.1, 0.15) is 56.9 Å². The molecule has 1 aromatic rings. The summed E-state index contributed by atoms with van der Waals surface area (Å²) in [5.74, 6) is -2.90. The number of allylic oxidation sites excluding steroid dienone is 2. The Bertz CT molecular complexity index is 777. The Morgan fingerprint density at radius 1 is 1.00 bits per heavy atom. The highest BCUT2D eigenvalue weighted by atomic mass is 16.6. The van der Waals surface area contributed by atoms with Crippen molar-refractivity contribution in [1.82, 2.24) is 0 Å². The van der Waals surface area contributed by atoms with Crippen LogP contribution < -0.4 is 0 Å². The summed E-state index contributed by atoms with van der Waals surface area (Å²) in [5, 5.41) is 49.1. The van der Waals surface area contributed by atoms with Crippen LogP contribution in [0.15, 0.2) is 42.5 Å². The highest BCUT2D eigenvalue weighted by molar-refractivity contribution is 5.86. The van der Waals surface area contributed by atoms with E-state index in [1.807, 2.05) is 42.5 Å². The number of unbranched alkanes of at least 4 members (excludes halogenated alkanes) is 1. The molecule has 8 nitrogen and oxygen atoms in total. The summed E-state index contributed by atoms with van der Waals surface area (Å²) in [6.45, 7) is -1.17. The highest BCUT2D eigenvalue weighted by Gasteiger charge is 2.40. The monoisotopic (exact) mass is 492 g/mol.